The zero-order valence-electron chi connectivity index (χ0n) is 16.2. The van der Waals surface area contributed by atoms with Gasteiger partial charge in [0.1, 0.15) is 6.33 Å². The van der Waals surface area contributed by atoms with Gasteiger partial charge < -0.3 is 15.1 Å². The number of aromatic nitrogens is 2. The highest BCUT2D eigenvalue weighted by molar-refractivity contribution is 5.99. The van der Waals surface area contributed by atoms with Gasteiger partial charge in [-0.1, -0.05) is 24.3 Å². The molecule has 0 aliphatic carbocycles. The summed E-state index contributed by atoms with van der Waals surface area (Å²) < 4.78 is 0. The summed E-state index contributed by atoms with van der Waals surface area (Å²) in [5, 5.41) is 2.88. The van der Waals surface area contributed by atoms with Crippen LogP contribution in [0.3, 0.4) is 0 Å². The number of amides is 3. The van der Waals surface area contributed by atoms with Crippen molar-refractivity contribution >= 4 is 17.7 Å². The molecular weight excluding hydrogens is 358 g/mol. The van der Waals surface area contributed by atoms with Gasteiger partial charge in [-0.2, -0.15) is 0 Å². The van der Waals surface area contributed by atoms with Crippen LogP contribution >= 0.6 is 0 Å². The van der Waals surface area contributed by atoms with E-state index in [0.717, 1.165) is 11.1 Å². The first kappa shape index (κ1) is 19.5. The second-order valence-corrected chi connectivity index (χ2v) is 7.07. The fourth-order valence-corrected chi connectivity index (χ4v) is 3.11. The van der Waals surface area contributed by atoms with Gasteiger partial charge >= 0.3 is 0 Å². The lowest BCUT2D eigenvalue weighted by Gasteiger charge is -2.13. The van der Waals surface area contributed by atoms with Gasteiger partial charge in [0.15, 0.2) is 0 Å². The molecule has 2 heterocycles. The average molecular weight is 381 g/mol. The summed E-state index contributed by atoms with van der Waals surface area (Å²) in [5.74, 6) is -0.575. The summed E-state index contributed by atoms with van der Waals surface area (Å²) in [5.41, 5.74) is 2.72. The van der Waals surface area contributed by atoms with Crippen LogP contribution in [-0.2, 0) is 16.1 Å². The van der Waals surface area contributed by atoms with Crippen LogP contribution in [0.4, 0.5) is 0 Å². The molecule has 0 bridgehead atoms. The van der Waals surface area contributed by atoms with Crippen LogP contribution in [0.25, 0.3) is 11.3 Å². The third kappa shape index (κ3) is 4.16. The third-order valence-electron chi connectivity index (χ3n) is 4.75. The molecule has 1 atom stereocenters. The van der Waals surface area contributed by atoms with Crippen LogP contribution in [0.15, 0.2) is 36.8 Å². The van der Waals surface area contributed by atoms with Crippen LogP contribution < -0.4 is 5.32 Å². The highest BCUT2D eigenvalue weighted by Gasteiger charge is 2.31. The summed E-state index contributed by atoms with van der Waals surface area (Å²) in [6.45, 7) is 0.834. The topological polar surface area (TPSA) is 95.5 Å². The molecule has 1 N–H and O–H groups in total. The standard InChI is InChI=1S/C20H23N5O3/c1-24(2)20(28)16-10-21-12-23-18(16)14-6-4-13(5-7-14)9-22-19(27)15-8-17(26)25(3)11-15/h4-7,10,12,15H,8-9,11H2,1-3H3,(H,22,27). The number of hydrogen-bond acceptors (Lipinski definition) is 5. The van der Waals surface area contributed by atoms with Crippen LogP contribution in [0.1, 0.15) is 22.3 Å². The number of carbonyl (C=O) groups excluding carboxylic acids is 3. The fourth-order valence-electron chi connectivity index (χ4n) is 3.11. The Balaban J connectivity index is 1.67. The lowest BCUT2D eigenvalue weighted by molar-refractivity contribution is -0.128. The predicted molar refractivity (Wildman–Crippen MR) is 103 cm³/mol. The molecule has 2 aromatic rings. The Morgan fingerprint density at radius 1 is 1.25 bits per heavy atom. The largest absolute Gasteiger partial charge is 0.352 e. The maximum Gasteiger partial charge on any atom is 0.257 e. The molecule has 3 rings (SSSR count). The van der Waals surface area contributed by atoms with Gasteiger partial charge in [0, 0.05) is 52.4 Å². The molecule has 146 valence electrons. The Hall–Kier alpha value is -3.29. The fraction of sp³-hybridized carbons (Fsp3) is 0.350. The van der Waals surface area contributed by atoms with Crippen molar-refractivity contribution in [3.63, 3.8) is 0 Å². The minimum absolute atomic E-state index is 0.00238. The first-order valence-electron chi connectivity index (χ1n) is 8.99. The zero-order chi connectivity index (χ0) is 20.3. The Kier molecular flexibility index (Phi) is 5.67. The number of likely N-dealkylation sites (tertiary alicyclic amines) is 1. The van der Waals surface area contributed by atoms with Gasteiger partial charge in [-0.3, -0.25) is 14.4 Å². The molecule has 1 aliphatic heterocycles. The Morgan fingerprint density at radius 3 is 2.57 bits per heavy atom. The van der Waals surface area contributed by atoms with E-state index in [1.54, 1.807) is 26.0 Å². The van der Waals surface area contributed by atoms with Crippen LogP contribution in [0.2, 0.25) is 0 Å². The highest BCUT2D eigenvalue weighted by atomic mass is 16.2. The van der Waals surface area contributed by atoms with E-state index < -0.39 is 0 Å². The second-order valence-electron chi connectivity index (χ2n) is 7.07. The van der Waals surface area contributed by atoms with Crippen molar-refractivity contribution in [2.24, 2.45) is 5.92 Å². The molecule has 0 saturated carbocycles. The number of nitrogens with zero attached hydrogens (tertiary/aromatic N) is 4. The maximum atomic E-state index is 12.3. The highest BCUT2D eigenvalue weighted by Crippen LogP contribution is 2.22. The predicted octanol–water partition coefficient (Wildman–Crippen LogP) is 0.940. The Bertz CT molecular complexity index is 895. The lowest BCUT2D eigenvalue weighted by Crippen LogP contribution is -2.31. The summed E-state index contributed by atoms with van der Waals surface area (Å²) in [6.07, 6.45) is 3.19. The normalized spacial score (nSPS) is 16.2. The first-order valence-corrected chi connectivity index (χ1v) is 8.99. The first-order chi connectivity index (χ1) is 13.4. The van der Waals surface area contributed by atoms with Crippen molar-refractivity contribution in [3.05, 3.63) is 47.9 Å². The van der Waals surface area contributed by atoms with E-state index in [2.05, 4.69) is 15.3 Å². The van der Waals surface area contributed by atoms with Crippen LogP contribution in [-0.4, -0.2) is 65.2 Å². The minimum Gasteiger partial charge on any atom is -0.352 e. The van der Waals surface area contributed by atoms with Crippen molar-refractivity contribution in [2.75, 3.05) is 27.7 Å². The van der Waals surface area contributed by atoms with Gasteiger partial charge in [0.05, 0.1) is 17.2 Å². The molecule has 0 radical (unpaired) electrons. The molecule has 1 fully saturated rings. The van der Waals surface area contributed by atoms with Gasteiger partial charge in [-0.25, -0.2) is 9.97 Å². The lowest BCUT2D eigenvalue weighted by atomic mass is 10.0. The minimum atomic E-state index is -0.294. The van der Waals surface area contributed by atoms with E-state index in [1.165, 1.54) is 17.4 Å². The smallest absolute Gasteiger partial charge is 0.257 e. The van der Waals surface area contributed by atoms with Gasteiger partial charge in [0.25, 0.3) is 5.91 Å². The molecule has 8 nitrogen and oxygen atoms in total. The van der Waals surface area contributed by atoms with Crippen LogP contribution in [0.5, 0.6) is 0 Å². The molecule has 8 heteroatoms. The molecule has 1 aromatic carbocycles. The van der Waals surface area contributed by atoms with Crippen molar-refractivity contribution < 1.29 is 14.4 Å². The molecular formula is C20H23N5O3. The molecule has 1 saturated heterocycles. The molecule has 0 spiro atoms. The SMILES string of the molecule is CN(C)C(=O)c1cncnc1-c1ccc(CNC(=O)C2CC(=O)N(C)C2)cc1. The third-order valence-corrected chi connectivity index (χ3v) is 4.75. The summed E-state index contributed by atoms with van der Waals surface area (Å²) >= 11 is 0. The molecule has 1 aromatic heterocycles. The van der Waals surface area contributed by atoms with Crippen molar-refractivity contribution in [3.8, 4) is 11.3 Å². The quantitative estimate of drug-likeness (QED) is 0.832. The number of benzene rings is 1. The van der Waals surface area contributed by atoms with E-state index >= 15 is 0 Å². The van der Waals surface area contributed by atoms with Gasteiger partial charge in [-0.15, -0.1) is 0 Å². The van der Waals surface area contributed by atoms with E-state index in [-0.39, 0.29) is 30.1 Å². The molecule has 3 amide bonds. The monoisotopic (exact) mass is 381 g/mol. The van der Waals surface area contributed by atoms with Crippen molar-refractivity contribution in [2.45, 2.75) is 13.0 Å². The van der Waals surface area contributed by atoms with E-state index in [1.807, 2.05) is 24.3 Å². The van der Waals surface area contributed by atoms with Gasteiger partial charge in [-0.05, 0) is 5.56 Å². The second kappa shape index (κ2) is 8.16. The molecule has 1 aliphatic rings. The van der Waals surface area contributed by atoms with Crippen molar-refractivity contribution in [1.82, 2.24) is 25.1 Å². The zero-order valence-corrected chi connectivity index (χ0v) is 16.2. The van der Waals surface area contributed by atoms with Crippen LogP contribution in [0, 0.1) is 5.92 Å². The number of hydrogen-bond donors (Lipinski definition) is 1. The Labute approximate surface area is 163 Å². The summed E-state index contributed by atoms with van der Waals surface area (Å²) in [4.78, 5) is 47.4. The number of nitrogens with one attached hydrogen (secondary N) is 1. The molecule has 28 heavy (non-hydrogen) atoms. The summed E-state index contributed by atoms with van der Waals surface area (Å²) in [6, 6.07) is 7.49. The number of carbonyl (C=O) groups is 3. The van der Waals surface area contributed by atoms with E-state index in [4.69, 9.17) is 0 Å². The molecule has 1 unspecified atom stereocenters. The van der Waals surface area contributed by atoms with Gasteiger partial charge in [0.2, 0.25) is 11.8 Å². The maximum absolute atomic E-state index is 12.3. The number of rotatable bonds is 5. The van der Waals surface area contributed by atoms with E-state index in [0.29, 0.717) is 24.3 Å². The Morgan fingerprint density at radius 2 is 1.96 bits per heavy atom. The van der Waals surface area contributed by atoms with E-state index in [9.17, 15) is 14.4 Å². The average Bonchev–Trinajstić information content (AvgIpc) is 3.04. The summed E-state index contributed by atoms with van der Waals surface area (Å²) in [7, 11) is 5.07. The van der Waals surface area contributed by atoms with Crippen molar-refractivity contribution in [1.29, 1.82) is 0 Å².